The van der Waals surface area contributed by atoms with Crippen LogP contribution in [-0.2, 0) is 6.54 Å². The molecule has 0 aromatic carbocycles. The summed E-state index contributed by atoms with van der Waals surface area (Å²) in [4.78, 5) is 0. The smallest absolute Gasteiger partial charge is 0.172 e. The van der Waals surface area contributed by atoms with E-state index < -0.39 is 0 Å². The number of hydrogen-bond acceptors (Lipinski definition) is 1. The molecule has 0 saturated heterocycles. The van der Waals surface area contributed by atoms with Crippen LogP contribution in [0.4, 0.5) is 0 Å². The Bertz CT molecular complexity index is 181. The second kappa shape index (κ2) is 2.49. The molecule has 1 aromatic heterocycles. The standard InChI is InChI=1S/C7H9NO/c1-2-8-5-3-7(9)4-6-8/h3-6H,2H2,1H3/p+1. The average molecular weight is 124 g/mol. The monoisotopic (exact) mass is 124 g/mol. The van der Waals surface area contributed by atoms with Gasteiger partial charge in [0, 0.05) is 12.1 Å². The summed E-state index contributed by atoms with van der Waals surface area (Å²) in [5.74, 6) is 0.319. The molecule has 1 N–H and O–H groups in total. The maximum atomic E-state index is 8.84. The van der Waals surface area contributed by atoms with Crippen LogP contribution in [-0.4, -0.2) is 5.11 Å². The highest BCUT2D eigenvalue weighted by atomic mass is 16.3. The molecule has 1 heterocycles. The van der Waals surface area contributed by atoms with Gasteiger partial charge in [-0.3, -0.25) is 0 Å². The molecular formula is C7H10NO+. The molecule has 0 atom stereocenters. The molecular weight excluding hydrogens is 114 g/mol. The molecule has 2 heteroatoms. The lowest BCUT2D eigenvalue weighted by Gasteiger charge is -1.89. The normalized spacial score (nSPS) is 9.44. The van der Waals surface area contributed by atoms with Crippen molar-refractivity contribution in [3.8, 4) is 5.75 Å². The lowest BCUT2D eigenvalue weighted by atomic mass is 10.4. The minimum Gasteiger partial charge on any atom is -0.507 e. The first kappa shape index (κ1) is 6.08. The van der Waals surface area contributed by atoms with Crippen molar-refractivity contribution in [1.82, 2.24) is 0 Å². The molecule has 0 aliphatic carbocycles. The summed E-state index contributed by atoms with van der Waals surface area (Å²) in [6.07, 6.45) is 3.69. The van der Waals surface area contributed by atoms with E-state index in [-0.39, 0.29) is 0 Å². The van der Waals surface area contributed by atoms with Crippen molar-refractivity contribution >= 4 is 0 Å². The third-order valence-electron chi connectivity index (χ3n) is 1.24. The van der Waals surface area contributed by atoms with Crippen molar-refractivity contribution in [3.63, 3.8) is 0 Å². The summed E-state index contributed by atoms with van der Waals surface area (Å²) in [6, 6.07) is 3.34. The van der Waals surface area contributed by atoms with Crippen LogP contribution in [0.2, 0.25) is 0 Å². The lowest BCUT2D eigenvalue weighted by molar-refractivity contribution is -0.693. The molecule has 0 aliphatic rings. The number of hydrogen-bond donors (Lipinski definition) is 1. The molecule has 0 fully saturated rings. The molecule has 0 aliphatic heterocycles. The van der Waals surface area contributed by atoms with Gasteiger partial charge in [-0.2, -0.15) is 0 Å². The van der Waals surface area contributed by atoms with Crippen molar-refractivity contribution in [2.24, 2.45) is 0 Å². The number of aromatic nitrogens is 1. The van der Waals surface area contributed by atoms with Crippen LogP contribution in [0.1, 0.15) is 6.92 Å². The molecule has 1 aromatic rings. The number of aryl methyl sites for hydroxylation is 1. The first-order valence-electron chi connectivity index (χ1n) is 3.01. The van der Waals surface area contributed by atoms with Crippen molar-refractivity contribution in [3.05, 3.63) is 24.5 Å². The van der Waals surface area contributed by atoms with Gasteiger partial charge in [-0.25, -0.2) is 4.57 Å². The molecule has 0 bridgehead atoms. The maximum absolute atomic E-state index is 8.84. The van der Waals surface area contributed by atoms with Crippen molar-refractivity contribution in [2.75, 3.05) is 0 Å². The Morgan fingerprint density at radius 3 is 2.44 bits per heavy atom. The fourth-order valence-electron chi connectivity index (χ4n) is 0.660. The second-order valence-corrected chi connectivity index (χ2v) is 1.89. The Balaban J connectivity index is 2.88. The number of nitrogens with zero attached hydrogens (tertiary/aromatic N) is 1. The van der Waals surface area contributed by atoms with E-state index in [9.17, 15) is 0 Å². The molecule has 1 rings (SSSR count). The molecule has 0 unspecified atom stereocenters. The van der Waals surface area contributed by atoms with E-state index in [1.165, 1.54) is 0 Å². The Labute approximate surface area is 54.4 Å². The quantitative estimate of drug-likeness (QED) is 0.547. The predicted molar refractivity (Wildman–Crippen MR) is 34.0 cm³/mol. The van der Waals surface area contributed by atoms with E-state index in [4.69, 9.17) is 5.11 Å². The highest BCUT2D eigenvalue weighted by Crippen LogP contribution is 2.00. The molecule has 48 valence electrons. The summed E-state index contributed by atoms with van der Waals surface area (Å²) in [5, 5.41) is 8.84. The minimum absolute atomic E-state index is 0.319. The van der Waals surface area contributed by atoms with Crippen LogP contribution >= 0.6 is 0 Å². The molecule has 2 nitrogen and oxygen atoms in total. The van der Waals surface area contributed by atoms with Crippen LogP contribution in [0.5, 0.6) is 5.75 Å². The fraction of sp³-hybridized carbons (Fsp3) is 0.286. The van der Waals surface area contributed by atoms with Gasteiger partial charge in [-0.05, 0) is 6.92 Å². The summed E-state index contributed by atoms with van der Waals surface area (Å²) < 4.78 is 1.99. The Morgan fingerprint density at radius 2 is 2.00 bits per heavy atom. The fourth-order valence-corrected chi connectivity index (χ4v) is 0.660. The zero-order chi connectivity index (χ0) is 6.69. The van der Waals surface area contributed by atoms with E-state index >= 15 is 0 Å². The third kappa shape index (κ3) is 1.42. The zero-order valence-electron chi connectivity index (χ0n) is 5.41. The number of aromatic hydroxyl groups is 1. The molecule has 9 heavy (non-hydrogen) atoms. The maximum Gasteiger partial charge on any atom is 0.172 e. The molecule has 0 amide bonds. The Morgan fingerprint density at radius 1 is 1.44 bits per heavy atom. The largest absolute Gasteiger partial charge is 0.507 e. The van der Waals surface area contributed by atoms with Gasteiger partial charge in [0.15, 0.2) is 12.4 Å². The van der Waals surface area contributed by atoms with Gasteiger partial charge in [0.2, 0.25) is 0 Å². The van der Waals surface area contributed by atoms with Gasteiger partial charge in [0.05, 0.1) is 0 Å². The lowest BCUT2D eigenvalue weighted by Crippen LogP contribution is -2.30. The van der Waals surface area contributed by atoms with E-state index in [0.717, 1.165) is 6.54 Å². The van der Waals surface area contributed by atoms with Crippen LogP contribution < -0.4 is 4.57 Å². The summed E-state index contributed by atoms with van der Waals surface area (Å²) in [5.41, 5.74) is 0. The summed E-state index contributed by atoms with van der Waals surface area (Å²) >= 11 is 0. The molecule has 0 radical (unpaired) electrons. The number of rotatable bonds is 1. The summed E-state index contributed by atoms with van der Waals surface area (Å²) in [6.45, 7) is 3.00. The third-order valence-corrected chi connectivity index (χ3v) is 1.24. The minimum atomic E-state index is 0.319. The van der Waals surface area contributed by atoms with E-state index in [1.54, 1.807) is 12.1 Å². The Kier molecular flexibility index (Phi) is 1.68. The van der Waals surface area contributed by atoms with Gasteiger partial charge in [0.1, 0.15) is 12.3 Å². The van der Waals surface area contributed by atoms with Crippen LogP contribution in [0.3, 0.4) is 0 Å². The summed E-state index contributed by atoms with van der Waals surface area (Å²) in [7, 11) is 0. The van der Waals surface area contributed by atoms with E-state index in [2.05, 4.69) is 6.92 Å². The van der Waals surface area contributed by atoms with Gasteiger partial charge >= 0.3 is 0 Å². The average Bonchev–Trinajstić information content (AvgIpc) is 1.90. The van der Waals surface area contributed by atoms with Crippen LogP contribution in [0, 0.1) is 0 Å². The van der Waals surface area contributed by atoms with Gasteiger partial charge in [-0.15, -0.1) is 0 Å². The zero-order valence-corrected chi connectivity index (χ0v) is 5.41. The van der Waals surface area contributed by atoms with Crippen molar-refractivity contribution < 1.29 is 9.67 Å². The van der Waals surface area contributed by atoms with E-state index in [1.807, 2.05) is 17.0 Å². The first-order chi connectivity index (χ1) is 4.33. The van der Waals surface area contributed by atoms with Gasteiger partial charge < -0.3 is 5.11 Å². The Hall–Kier alpha value is -1.05. The predicted octanol–water partition coefficient (Wildman–Crippen LogP) is 0.700. The van der Waals surface area contributed by atoms with Gasteiger partial charge in [0.25, 0.3) is 0 Å². The van der Waals surface area contributed by atoms with Crippen molar-refractivity contribution in [2.45, 2.75) is 13.5 Å². The molecule has 0 spiro atoms. The topological polar surface area (TPSA) is 24.1 Å². The second-order valence-electron chi connectivity index (χ2n) is 1.89. The van der Waals surface area contributed by atoms with Crippen LogP contribution in [0.15, 0.2) is 24.5 Å². The highest BCUT2D eigenvalue weighted by molar-refractivity contribution is 5.11. The van der Waals surface area contributed by atoms with Crippen molar-refractivity contribution in [1.29, 1.82) is 0 Å². The van der Waals surface area contributed by atoms with E-state index in [0.29, 0.717) is 5.75 Å². The highest BCUT2D eigenvalue weighted by Gasteiger charge is 1.92. The number of pyridine rings is 1. The molecule has 0 saturated carbocycles. The SMILES string of the molecule is CC[n+]1ccc(O)cc1. The van der Waals surface area contributed by atoms with Crippen LogP contribution in [0.25, 0.3) is 0 Å². The first-order valence-corrected chi connectivity index (χ1v) is 3.01. The van der Waals surface area contributed by atoms with Gasteiger partial charge in [-0.1, -0.05) is 0 Å².